The summed E-state index contributed by atoms with van der Waals surface area (Å²) in [5.41, 5.74) is -0.160. The highest BCUT2D eigenvalue weighted by molar-refractivity contribution is 5.93. The van der Waals surface area contributed by atoms with Crippen molar-refractivity contribution in [1.29, 1.82) is 0 Å². The van der Waals surface area contributed by atoms with Crippen LogP contribution >= 0.6 is 0 Å². The first-order valence-corrected chi connectivity index (χ1v) is 6.42. The SMILES string of the molecule is CCN1CCCC1CNC(=O)c1ccc[nH]c1=O. The lowest BCUT2D eigenvalue weighted by Gasteiger charge is -2.22. The summed E-state index contributed by atoms with van der Waals surface area (Å²) >= 11 is 0. The van der Waals surface area contributed by atoms with Crippen LogP contribution in [0.25, 0.3) is 0 Å². The fourth-order valence-electron chi connectivity index (χ4n) is 2.45. The molecule has 0 aromatic carbocycles. The van der Waals surface area contributed by atoms with E-state index in [4.69, 9.17) is 0 Å². The van der Waals surface area contributed by atoms with Crippen molar-refractivity contribution in [2.75, 3.05) is 19.6 Å². The van der Waals surface area contributed by atoms with E-state index in [0.29, 0.717) is 12.6 Å². The maximum atomic E-state index is 11.9. The summed E-state index contributed by atoms with van der Waals surface area (Å²) in [5, 5.41) is 2.85. The molecule has 1 aliphatic rings. The third kappa shape index (κ3) is 2.79. The topological polar surface area (TPSA) is 65.2 Å². The van der Waals surface area contributed by atoms with Crippen LogP contribution in [0.5, 0.6) is 0 Å². The van der Waals surface area contributed by atoms with Crippen LogP contribution in [0.2, 0.25) is 0 Å². The van der Waals surface area contributed by atoms with E-state index >= 15 is 0 Å². The minimum atomic E-state index is -0.339. The van der Waals surface area contributed by atoms with E-state index < -0.39 is 0 Å². The number of hydrogen-bond donors (Lipinski definition) is 2. The number of aromatic amines is 1. The summed E-state index contributed by atoms with van der Waals surface area (Å²) in [4.78, 5) is 28.2. The number of likely N-dealkylation sites (N-methyl/N-ethyl adjacent to an activating group) is 1. The standard InChI is InChI=1S/C13H19N3O2/c1-2-16-8-4-5-10(16)9-15-13(18)11-6-3-7-14-12(11)17/h3,6-7,10H,2,4-5,8-9H2,1H3,(H,14,17)(H,15,18). The average Bonchev–Trinajstić information content (AvgIpc) is 2.84. The van der Waals surface area contributed by atoms with Crippen molar-refractivity contribution in [1.82, 2.24) is 15.2 Å². The van der Waals surface area contributed by atoms with Crippen LogP contribution in [-0.2, 0) is 0 Å². The zero-order valence-corrected chi connectivity index (χ0v) is 10.6. The number of carbonyl (C=O) groups excluding carboxylic acids is 1. The Morgan fingerprint density at radius 2 is 2.44 bits per heavy atom. The van der Waals surface area contributed by atoms with Gasteiger partial charge in [-0.3, -0.25) is 14.5 Å². The highest BCUT2D eigenvalue weighted by atomic mass is 16.2. The summed E-state index contributed by atoms with van der Waals surface area (Å²) in [6.45, 7) is 4.85. The molecule has 2 heterocycles. The van der Waals surface area contributed by atoms with E-state index in [9.17, 15) is 9.59 Å². The normalized spacial score (nSPS) is 19.9. The molecule has 2 rings (SSSR count). The van der Waals surface area contributed by atoms with Crippen molar-refractivity contribution in [3.05, 3.63) is 34.2 Å². The van der Waals surface area contributed by atoms with Gasteiger partial charge in [0.05, 0.1) is 0 Å². The van der Waals surface area contributed by atoms with Gasteiger partial charge in [0.15, 0.2) is 0 Å². The molecule has 18 heavy (non-hydrogen) atoms. The summed E-state index contributed by atoms with van der Waals surface area (Å²) < 4.78 is 0. The van der Waals surface area contributed by atoms with Crippen LogP contribution in [-0.4, -0.2) is 41.5 Å². The molecule has 1 fully saturated rings. The highest BCUT2D eigenvalue weighted by Crippen LogP contribution is 2.15. The highest BCUT2D eigenvalue weighted by Gasteiger charge is 2.23. The van der Waals surface area contributed by atoms with Gasteiger partial charge >= 0.3 is 0 Å². The quantitative estimate of drug-likeness (QED) is 0.820. The van der Waals surface area contributed by atoms with Gasteiger partial charge in [-0.15, -0.1) is 0 Å². The molecule has 1 aromatic heterocycles. The van der Waals surface area contributed by atoms with Gasteiger partial charge in [-0.05, 0) is 38.1 Å². The Bertz CT molecular complexity index is 469. The number of nitrogens with zero attached hydrogens (tertiary/aromatic N) is 1. The van der Waals surface area contributed by atoms with Gasteiger partial charge in [0.2, 0.25) is 0 Å². The first kappa shape index (κ1) is 12.8. The van der Waals surface area contributed by atoms with E-state index in [-0.39, 0.29) is 17.0 Å². The Hall–Kier alpha value is -1.62. The van der Waals surface area contributed by atoms with E-state index in [1.807, 2.05) is 0 Å². The Balaban J connectivity index is 1.93. The van der Waals surface area contributed by atoms with Gasteiger partial charge < -0.3 is 10.3 Å². The number of pyridine rings is 1. The van der Waals surface area contributed by atoms with Gasteiger partial charge in [0, 0.05) is 18.8 Å². The van der Waals surface area contributed by atoms with Gasteiger partial charge in [-0.1, -0.05) is 6.92 Å². The lowest BCUT2D eigenvalue weighted by atomic mass is 10.2. The van der Waals surface area contributed by atoms with Crippen molar-refractivity contribution in [2.24, 2.45) is 0 Å². The van der Waals surface area contributed by atoms with Crippen LogP contribution in [0, 0.1) is 0 Å². The minimum Gasteiger partial charge on any atom is -0.350 e. The molecule has 0 spiro atoms. The molecular weight excluding hydrogens is 230 g/mol. The number of carbonyl (C=O) groups is 1. The molecule has 5 nitrogen and oxygen atoms in total. The van der Waals surface area contributed by atoms with Gasteiger partial charge in [0.25, 0.3) is 11.5 Å². The molecule has 0 saturated carbocycles. The predicted molar refractivity (Wildman–Crippen MR) is 69.7 cm³/mol. The fraction of sp³-hybridized carbons (Fsp3) is 0.538. The van der Waals surface area contributed by atoms with Crippen LogP contribution in [0.15, 0.2) is 23.1 Å². The minimum absolute atomic E-state index is 0.179. The molecule has 1 saturated heterocycles. The van der Waals surface area contributed by atoms with E-state index in [0.717, 1.165) is 19.5 Å². The van der Waals surface area contributed by atoms with E-state index in [1.165, 1.54) is 12.6 Å². The van der Waals surface area contributed by atoms with Crippen LogP contribution in [0.1, 0.15) is 30.1 Å². The molecule has 1 unspecified atom stereocenters. The van der Waals surface area contributed by atoms with E-state index in [2.05, 4.69) is 22.1 Å². The van der Waals surface area contributed by atoms with Crippen molar-refractivity contribution < 1.29 is 4.79 Å². The fourth-order valence-corrected chi connectivity index (χ4v) is 2.45. The summed E-state index contributed by atoms with van der Waals surface area (Å²) in [5.74, 6) is -0.292. The maximum absolute atomic E-state index is 11.9. The van der Waals surface area contributed by atoms with E-state index in [1.54, 1.807) is 12.1 Å². The van der Waals surface area contributed by atoms with Gasteiger partial charge in [-0.2, -0.15) is 0 Å². The number of hydrogen-bond acceptors (Lipinski definition) is 3. The van der Waals surface area contributed by atoms with Gasteiger partial charge in [-0.25, -0.2) is 0 Å². The summed E-state index contributed by atoms with van der Waals surface area (Å²) in [6, 6.07) is 3.60. The predicted octanol–water partition coefficient (Wildman–Crippen LogP) is 0.589. The number of amides is 1. The second-order valence-corrected chi connectivity index (χ2v) is 4.55. The number of H-pyrrole nitrogens is 1. The van der Waals surface area contributed by atoms with Crippen molar-refractivity contribution in [3.8, 4) is 0 Å². The summed E-state index contributed by atoms with van der Waals surface area (Å²) in [6.07, 6.45) is 3.81. The molecular formula is C13H19N3O2. The Kier molecular flexibility index (Phi) is 4.15. The van der Waals surface area contributed by atoms with Crippen molar-refractivity contribution in [2.45, 2.75) is 25.8 Å². The zero-order valence-electron chi connectivity index (χ0n) is 10.6. The Labute approximate surface area is 106 Å². The number of rotatable bonds is 4. The molecule has 5 heteroatoms. The van der Waals surface area contributed by atoms with Crippen molar-refractivity contribution in [3.63, 3.8) is 0 Å². The van der Waals surface area contributed by atoms with Crippen LogP contribution < -0.4 is 10.9 Å². The molecule has 1 aromatic rings. The smallest absolute Gasteiger partial charge is 0.260 e. The summed E-state index contributed by atoms with van der Waals surface area (Å²) in [7, 11) is 0. The van der Waals surface area contributed by atoms with Crippen molar-refractivity contribution >= 4 is 5.91 Å². The number of likely N-dealkylation sites (tertiary alicyclic amines) is 1. The average molecular weight is 249 g/mol. The maximum Gasteiger partial charge on any atom is 0.260 e. The molecule has 0 radical (unpaired) electrons. The first-order valence-electron chi connectivity index (χ1n) is 6.42. The Morgan fingerprint density at radius 1 is 1.61 bits per heavy atom. The zero-order chi connectivity index (χ0) is 13.0. The number of aromatic nitrogens is 1. The molecule has 0 aliphatic carbocycles. The number of nitrogens with one attached hydrogen (secondary N) is 2. The Morgan fingerprint density at radius 3 is 3.17 bits per heavy atom. The molecule has 2 N–H and O–H groups in total. The van der Waals surface area contributed by atoms with Crippen LogP contribution in [0.4, 0.5) is 0 Å². The molecule has 98 valence electrons. The lowest BCUT2D eigenvalue weighted by molar-refractivity contribution is 0.0940. The molecule has 1 aliphatic heterocycles. The third-order valence-electron chi connectivity index (χ3n) is 3.47. The lowest BCUT2D eigenvalue weighted by Crippen LogP contribution is -2.41. The van der Waals surface area contributed by atoms with Gasteiger partial charge in [0.1, 0.15) is 5.56 Å². The third-order valence-corrected chi connectivity index (χ3v) is 3.47. The van der Waals surface area contributed by atoms with Crippen LogP contribution in [0.3, 0.4) is 0 Å². The second kappa shape index (κ2) is 5.82. The second-order valence-electron chi connectivity index (χ2n) is 4.55. The molecule has 1 atom stereocenters. The first-order chi connectivity index (χ1) is 8.72. The largest absolute Gasteiger partial charge is 0.350 e. The monoisotopic (exact) mass is 249 g/mol. The molecule has 1 amide bonds. The molecule has 0 bridgehead atoms.